The number of hydrogen-bond donors (Lipinski definition) is 2. The number of nitrogens with one attached hydrogen (secondary N) is 1. The van der Waals surface area contributed by atoms with Gasteiger partial charge in [0, 0.05) is 19.7 Å². The lowest BCUT2D eigenvalue weighted by Gasteiger charge is -2.32. The summed E-state index contributed by atoms with van der Waals surface area (Å²) >= 11 is 0. The van der Waals surface area contributed by atoms with Gasteiger partial charge < -0.3 is 5.11 Å². The number of nitrogens with zero attached hydrogens (tertiary/aromatic N) is 1. The molecule has 0 amide bonds. The molecule has 0 heterocycles. The van der Waals surface area contributed by atoms with Gasteiger partial charge in [-0.05, 0) is 24.8 Å². The summed E-state index contributed by atoms with van der Waals surface area (Å²) in [5, 5.41) is 9.23. The quantitative estimate of drug-likeness (QED) is 0.807. The fourth-order valence-electron chi connectivity index (χ4n) is 3.01. The SMILES string of the molecule is CN(C1CCCCC1)S(=O)(=O)N[C@H](CCO)c1ccccc1. The van der Waals surface area contributed by atoms with Crippen LogP contribution in [0, 0.1) is 0 Å². The molecule has 124 valence electrons. The van der Waals surface area contributed by atoms with Crippen molar-refractivity contribution in [1.82, 2.24) is 9.03 Å². The van der Waals surface area contributed by atoms with Gasteiger partial charge in [0.05, 0.1) is 6.04 Å². The van der Waals surface area contributed by atoms with Crippen molar-refractivity contribution in [2.24, 2.45) is 0 Å². The van der Waals surface area contributed by atoms with Crippen molar-refractivity contribution < 1.29 is 13.5 Å². The number of rotatable bonds is 7. The average Bonchev–Trinajstić information content (AvgIpc) is 2.55. The molecule has 0 unspecified atom stereocenters. The molecular weight excluding hydrogens is 300 g/mol. The largest absolute Gasteiger partial charge is 0.396 e. The highest BCUT2D eigenvalue weighted by atomic mass is 32.2. The van der Waals surface area contributed by atoms with Gasteiger partial charge in [-0.15, -0.1) is 0 Å². The zero-order valence-electron chi connectivity index (χ0n) is 13.1. The van der Waals surface area contributed by atoms with Crippen LogP contribution >= 0.6 is 0 Å². The lowest BCUT2D eigenvalue weighted by Crippen LogP contribution is -2.46. The first-order valence-electron chi connectivity index (χ1n) is 7.95. The van der Waals surface area contributed by atoms with Crippen LogP contribution in [0.1, 0.15) is 50.1 Å². The maximum atomic E-state index is 12.6. The second-order valence-electron chi connectivity index (χ2n) is 5.91. The van der Waals surface area contributed by atoms with Gasteiger partial charge in [-0.2, -0.15) is 17.4 Å². The smallest absolute Gasteiger partial charge is 0.280 e. The van der Waals surface area contributed by atoms with Crippen molar-refractivity contribution in [2.45, 2.75) is 50.6 Å². The van der Waals surface area contributed by atoms with E-state index in [-0.39, 0.29) is 12.6 Å². The molecule has 0 radical (unpaired) electrons. The average molecular weight is 326 g/mol. The Morgan fingerprint density at radius 2 is 1.86 bits per heavy atom. The van der Waals surface area contributed by atoms with Crippen LogP contribution in [0.4, 0.5) is 0 Å². The summed E-state index contributed by atoms with van der Waals surface area (Å²) in [5.74, 6) is 0. The van der Waals surface area contributed by atoms with E-state index in [1.165, 1.54) is 10.7 Å². The molecule has 1 aliphatic rings. The lowest BCUT2D eigenvalue weighted by atomic mass is 9.96. The minimum Gasteiger partial charge on any atom is -0.396 e. The van der Waals surface area contributed by atoms with E-state index in [1.54, 1.807) is 7.05 Å². The topological polar surface area (TPSA) is 69.6 Å². The first-order valence-corrected chi connectivity index (χ1v) is 9.39. The minimum absolute atomic E-state index is 0.0603. The van der Waals surface area contributed by atoms with Gasteiger partial charge in [0.15, 0.2) is 0 Å². The normalized spacial score (nSPS) is 18.5. The van der Waals surface area contributed by atoms with Crippen LogP contribution in [0.5, 0.6) is 0 Å². The summed E-state index contributed by atoms with van der Waals surface area (Å²) in [6, 6.07) is 9.08. The standard InChI is InChI=1S/C16H26N2O3S/c1-18(15-10-6-3-7-11-15)22(20,21)17-16(12-13-19)14-8-4-2-5-9-14/h2,4-5,8-9,15-17,19H,3,6-7,10-13H2,1H3/t16-/m1/s1. The molecule has 22 heavy (non-hydrogen) atoms. The summed E-state index contributed by atoms with van der Waals surface area (Å²) in [5.41, 5.74) is 0.872. The molecule has 2 rings (SSSR count). The van der Waals surface area contributed by atoms with E-state index in [9.17, 15) is 13.5 Å². The second kappa shape index (κ2) is 8.06. The van der Waals surface area contributed by atoms with E-state index in [0.717, 1.165) is 31.2 Å². The third kappa shape index (κ3) is 4.52. The van der Waals surface area contributed by atoms with Crippen molar-refractivity contribution in [3.05, 3.63) is 35.9 Å². The first-order chi connectivity index (χ1) is 10.5. The van der Waals surface area contributed by atoms with Crippen LogP contribution in [0.15, 0.2) is 30.3 Å². The van der Waals surface area contributed by atoms with Crippen molar-refractivity contribution in [2.75, 3.05) is 13.7 Å². The summed E-state index contributed by atoms with van der Waals surface area (Å²) in [7, 11) is -1.91. The Balaban J connectivity index is 2.10. The van der Waals surface area contributed by atoms with E-state index in [0.29, 0.717) is 6.42 Å². The maximum absolute atomic E-state index is 12.6. The molecule has 1 atom stereocenters. The summed E-state index contributed by atoms with van der Waals surface area (Å²) < 4.78 is 29.5. The fourth-order valence-corrected chi connectivity index (χ4v) is 4.39. The fraction of sp³-hybridized carbons (Fsp3) is 0.625. The van der Waals surface area contributed by atoms with Gasteiger partial charge in [-0.25, -0.2) is 0 Å². The van der Waals surface area contributed by atoms with Crippen molar-refractivity contribution in [3.63, 3.8) is 0 Å². The molecule has 1 aliphatic carbocycles. The summed E-state index contributed by atoms with van der Waals surface area (Å²) in [6.07, 6.45) is 5.57. The molecule has 6 heteroatoms. The van der Waals surface area contributed by atoms with Crippen LogP contribution in [0.2, 0.25) is 0 Å². The molecule has 1 aromatic carbocycles. The molecule has 0 aliphatic heterocycles. The highest BCUT2D eigenvalue weighted by molar-refractivity contribution is 7.87. The van der Waals surface area contributed by atoms with Gasteiger partial charge in [0.25, 0.3) is 10.2 Å². The van der Waals surface area contributed by atoms with Gasteiger partial charge >= 0.3 is 0 Å². The molecule has 0 bridgehead atoms. The van der Waals surface area contributed by atoms with E-state index < -0.39 is 16.3 Å². The molecule has 2 N–H and O–H groups in total. The third-order valence-electron chi connectivity index (χ3n) is 4.38. The number of benzene rings is 1. The van der Waals surface area contributed by atoms with Crippen molar-refractivity contribution in [3.8, 4) is 0 Å². The van der Waals surface area contributed by atoms with Crippen LogP contribution < -0.4 is 4.72 Å². The van der Waals surface area contributed by atoms with Gasteiger partial charge in [-0.3, -0.25) is 0 Å². The predicted molar refractivity (Wildman–Crippen MR) is 87.6 cm³/mol. The third-order valence-corrected chi connectivity index (χ3v) is 6.02. The van der Waals surface area contributed by atoms with Crippen molar-refractivity contribution >= 4 is 10.2 Å². The molecule has 0 spiro atoms. The van der Waals surface area contributed by atoms with Gasteiger partial charge in [0.2, 0.25) is 0 Å². The Hall–Kier alpha value is -0.950. The number of hydrogen-bond acceptors (Lipinski definition) is 3. The van der Waals surface area contributed by atoms with E-state index in [2.05, 4.69) is 4.72 Å². The highest BCUT2D eigenvalue weighted by Crippen LogP contribution is 2.24. The Morgan fingerprint density at radius 3 is 2.45 bits per heavy atom. The molecule has 1 aromatic rings. The Morgan fingerprint density at radius 1 is 1.23 bits per heavy atom. The molecular formula is C16H26N2O3S. The highest BCUT2D eigenvalue weighted by Gasteiger charge is 2.29. The minimum atomic E-state index is -3.56. The molecule has 1 saturated carbocycles. The molecule has 0 saturated heterocycles. The molecule has 0 aromatic heterocycles. The van der Waals surface area contributed by atoms with Crippen molar-refractivity contribution in [1.29, 1.82) is 0 Å². The maximum Gasteiger partial charge on any atom is 0.280 e. The Kier molecular flexibility index (Phi) is 6.37. The number of aliphatic hydroxyl groups is 1. The van der Waals surface area contributed by atoms with E-state index in [4.69, 9.17) is 0 Å². The lowest BCUT2D eigenvalue weighted by molar-refractivity contribution is 0.264. The molecule has 1 fully saturated rings. The van der Waals surface area contributed by atoms with Crippen LogP contribution in [0.3, 0.4) is 0 Å². The Bertz CT molecular complexity index is 542. The second-order valence-corrected chi connectivity index (χ2v) is 7.67. The van der Waals surface area contributed by atoms with Crippen LogP contribution in [0.25, 0.3) is 0 Å². The van der Waals surface area contributed by atoms with E-state index >= 15 is 0 Å². The van der Waals surface area contributed by atoms with E-state index in [1.807, 2.05) is 30.3 Å². The zero-order valence-corrected chi connectivity index (χ0v) is 13.9. The monoisotopic (exact) mass is 326 g/mol. The zero-order chi connectivity index (χ0) is 16.0. The van der Waals surface area contributed by atoms with Gasteiger partial charge in [-0.1, -0.05) is 49.6 Å². The van der Waals surface area contributed by atoms with Crippen LogP contribution in [-0.2, 0) is 10.2 Å². The van der Waals surface area contributed by atoms with Crippen LogP contribution in [-0.4, -0.2) is 37.5 Å². The summed E-state index contributed by atoms with van der Waals surface area (Å²) in [4.78, 5) is 0. The first kappa shape index (κ1) is 17.4. The number of aliphatic hydroxyl groups excluding tert-OH is 1. The van der Waals surface area contributed by atoms with Gasteiger partial charge in [0.1, 0.15) is 0 Å². The molecule has 5 nitrogen and oxygen atoms in total. The predicted octanol–water partition coefficient (Wildman–Crippen LogP) is 2.21. The Labute approximate surface area is 133 Å². The summed E-state index contributed by atoms with van der Waals surface area (Å²) in [6.45, 7) is -0.0603.